The van der Waals surface area contributed by atoms with Crippen LogP contribution in [0.3, 0.4) is 0 Å². The van der Waals surface area contributed by atoms with Gasteiger partial charge in [-0.3, -0.25) is 0 Å². The minimum Gasteiger partial charge on any atom is -0.457 e. The highest BCUT2D eigenvalue weighted by Gasteiger charge is 2.08. The molecule has 0 atom stereocenters. The summed E-state index contributed by atoms with van der Waals surface area (Å²) in [7, 11) is 0. The van der Waals surface area contributed by atoms with Gasteiger partial charge >= 0.3 is 0 Å². The number of para-hydroxylation sites is 1. The van der Waals surface area contributed by atoms with Crippen LogP contribution >= 0.6 is 0 Å². The Morgan fingerprint density at radius 1 is 1.11 bits per heavy atom. The lowest BCUT2D eigenvalue weighted by atomic mass is 10.1. The van der Waals surface area contributed by atoms with Gasteiger partial charge in [0, 0.05) is 18.2 Å². The molecular formula is C15H16FNO. The molecular weight excluding hydrogens is 229 g/mol. The number of aryl methyl sites for hydroxylation is 2. The highest BCUT2D eigenvalue weighted by atomic mass is 19.1. The molecule has 94 valence electrons. The molecule has 0 aromatic heterocycles. The zero-order chi connectivity index (χ0) is 13.1. The van der Waals surface area contributed by atoms with Crippen LogP contribution in [0.4, 0.5) is 4.39 Å². The number of nitrogens with two attached hydrogens (primary N) is 1. The van der Waals surface area contributed by atoms with Crippen LogP contribution in [0.25, 0.3) is 0 Å². The highest BCUT2D eigenvalue weighted by molar-refractivity contribution is 5.44. The Balaban J connectivity index is 2.36. The molecule has 0 amide bonds. The number of rotatable bonds is 3. The minimum absolute atomic E-state index is 0.268. The lowest BCUT2D eigenvalue weighted by Crippen LogP contribution is -2.01. The van der Waals surface area contributed by atoms with Crippen molar-refractivity contribution >= 4 is 0 Å². The number of halogens is 1. The SMILES string of the molecule is Cc1ccc(Oc2c(C)cccc2CN)cc1F. The minimum atomic E-state index is -0.268. The van der Waals surface area contributed by atoms with Crippen LogP contribution in [0.1, 0.15) is 16.7 Å². The third-order valence-electron chi connectivity index (χ3n) is 2.88. The predicted molar refractivity (Wildman–Crippen MR) is 70.3 cm³/mol. The van der Waals surface area contributed by atoms with Crippen molar-refractivity contribution in [1.82, 2.24) is 0 Å². The number of benzene rings is 2. The van der Waals surface area contributed by atoms with Crippen LogP contribution in [0.2, 0.25) is 0 Å². The Hall–Kier alpha value is -1.87. The maximum atomic E-state index is 13.5. The van der Waals surface area contributed by atoms with E-state index in [0.29, 0.717) is 23.6 Å². The summed E-state index contributed by atoms with van der Waals surface area (Å²) in [6.07, 6.45) is 0. The van der Waals surface area contributed by atoms with Gasteiger partial charge in [0.05, 0.1) is 0 Å². The molecule has 0 radical (unpaired) electrons. The van der Waals surface area contributed by atoms with Crippen LogP contribution in [0.5, 0.6) is 11.5 Å². The lowest BCUT2D eigenvalue weighted by molar-refractivity contribution is 0.466. The van der Waals surface area contributed by atoms with Gasteiger partial charge in [-0.05, 0) is 31.0 Å². The van der Waals surface area contributed by atoms with E-state index in [1.807, 2.05) is 25.1 Å². The largest absolute Gasteiger partial charge is 0.457 e. The number of hydrogen-bond donors (Lipinski definition) is 1. The van der Waals surface area contributed by atoms with Gasteiger partial charge in [0.2, 0.25) is 0 Å². The Morgan fingerprint density at radius 2 is 1.89 bits per heavy atom. The van der Waals surface area contributed by atoms with E-state index in [1.54, 1.807) is 19.1 Å². The van der Waals surface area contributed by atoms with Crippen molar-refractivity contribution in [3.63, 3.8) is 0 Å². The van der Waals surface area contributed by atoms with Gasteiger partial charge in [0.15, 0.2) is 0 Å². The molecule has 0 spiro atoms. The molecule has 0 aliphatic heterocycles. The maximum absolute atomic E-state index is 13.5. The van der Waals surface area contributed by atoms with Crippen LogP contribution < -0.4 is 10.5 Å². The van der Waals surface area contributed by atoms with Crippen LogP contribution in [-0.4, -0.2) is 0 Å². The zero-order valence-corrected chi connectivity index (χ0v) is 10.5. The Bertz CT molecular complexity index is 566. The van der Waals surface area contributed by atoms with Crippen LogP contribution in [0.15, 0.2) is 36.4 Å². The van der Waals surface area contributed by atoms with Crippen molar-refractivity contribution in [3.05, 3.63) is 58.9 Å². The van der Waals surface area contributed by atoms with E-state index in [4.69, 9.17) is 10.5 Å². The smallest absolute Gasteiger partial charge is 0.134 e. The fraction of sp³-hybridized carbons (Fsp3) is 0.200. The molecule has 0 saturated heterocycles. The molecule has 0 fully saturated rings. The summed E-state index contributed by atoms with van der Waals surface area (Å²) in [6, 6.07) is 10.6. The molecule has 0 aliphatic rings. The summed E-state index contributed by atoms with van der Waals surface area (Å²) in [5.41, 5.74) is 8.17. The van der Waals surface area contributed by atoms with Crippen molar-refractivity contribution in [1.29, 1.82) is 0 Å². The third kappa shape index (κ3) is 2.51. The molecule has 2 nitrogen and oxygen atoms in total. The first-order chi connectivity index (χ1) is 8.61. The molecule has 2 rings (SSSR count). The van der Waals surface area contributed by atoms with E-state index in [1.165, 1.54) is 6.07 Å². The Morgan fingerprint density at radius 3 is 2.56 bits per heavy atom. The number of hydrogen-bond acceptors (Lipinski definition) is 2. The van der Waals surface area contributed by atoms with E-state index in [-0.39, 0.29) is 5.82 Å². The fourth-order valence-corrected chi connectivity index (χ4v) is 1.77. The van der Waals surface area contributed by atoms with Gasteiger partial charge in [-0.15, -0.1) is 0 Å². The summed E-state index contributed by atoms with van der Waals surface area (Å²) >= 11 is 0. The number of ether oxygens (including phenoxy) is 1. The molecule has 3 heteroatoms. The monoisotopic (exact) mass is 245 g/mol. The molecule has 0 saturated carbocycles. The quantitative estimate of drug-likeness (QED) is 0.895. The molecule has 0 heterocycles. The Kier molecular flexibility index (Phi) is 3.63. The summed E-state index contributed by atoms with van der Waals surface area (Å²) < 4.78 is 19.2. The average Bonchev–Trinajstić information content (AvgIpc) is 2.36. The van der Waals surface area contributed by atoms with Gasteiger partial charge in [-0.1, -0.05) is 24.3 Å². The van der Waals surface area contributed by atoms with Gasteiger partial charge in [-0.2, -0.15) is 0 Å². The van der Waals surface area contributed by atoms with Crippen LogP contribution in [0, 0.1) is 19.7 Å². The average molecular weight is 245 g/mol. The summed E-state index contributed by atoms with van der Waals surface area (Å²) in [6.45, 7) is 4.06. The fourth-order valence-electron chi connectivity index (χ4n) is 1.77. The molecule has 2 N–H and O–H groups in total. The van der Waals surface area contributed by atoms with Crippen molar-refractivity contribution in [2.75, 3.05) is 0 Å². The van der Waals surface area contributed by atoms with Crippen LogP contribution in [-0.2, 0) is 6.54 Å². The molecule has 2 aromatic rings. The van der Waals surface area contributed by atoms with Gasteiger partial charge in [0.1, 0.15) is 17.3 Å². The van der Waals surface area contributed by atoms with Crippen molar-refractivity contribution in [2.24, 2.45) is 5.73 Å². The summed E-state index contributed by atoms with van der Waals surface area (Å²) in [5, 5.41) is 0. The molecule has 2 aromatic carbocycles. The standard InChI is InChI=1S/C15H16FNO/c1-10-6-7-13(8-14(10)16)18-15-11(2)4-3-5-12(15)9-17/h3-8H,9,17H2,1-2H3. The normalized spacial score (nSPS) is 10.4. The van der Waals surface area contributed by atoms with E-state index in [0.717, 1.165) is 11.1 Å². The molecule has 0 unspecified atom stereocenters. The first-order valence-corrected chi connectivity index (χ1v) is 5.84. The maximum Gasteiger partial charge on any atom is 0.134 e. The van der Waals surface area contributed by atoms with Gasteiger partial charge in [-0.25, -0.2) is 4.39 Å². The second kappa shape index (κ2) is 5.19. The van der Waals surface area contributed by atoms with Gasteiger partial charge < -0.3 is 10.5 Å². The molecule has 0 aliphatic carbocycles. The van der Waals surface area contributed by atoms with Crippen molar-refractivity contribution in [3.8, 4) is 11.5 Å². The molecule has 0 bridgehead atoms. The van der Waals surface area contributed by atoms with Crippen molar-refractivity contribution < 1.29 is 9.13 Å². The second-order valence-electron chi connectivity index (χ2n) is 4.28. The highest BCUT2D eigenvalue weighted by Crippen LogP contribution is 2.29. The first kappa shape index (κ1) is 12.6. The molecule has 18 heavy (non-hydrogen) atoms. The predicted octanol–water partition coefficient (Wildman–Crippen LogP) is 3.69. The van der Waals surface area contributed by atoms with Crippen molar-refractivity contribution in [2.45, 2.75) is 20.4 Å². The topological polar surface area (TPSA) is 35.2 Å². The lowest BCUT2D eigenvalue weighted by Gasteiger charge is -2.13. The summed E-state index contributed by atoms with van der Waals surface area (Å²) in [5.74, 6) is 0.931. The van der Waals surface area contributed by atoms with E-state index in [9.17, 15) is 4.39 Å². The van der Waals surface area contributed by atoms with E-state index < -0.39 is 0 Å². The second-order valence-corrected chi connectivity index (χ2v) is 4.28. The Labute approximate surface area is 106 Å². The zero-order valence-electron chi connectivity index (χ0n) is 10.5. The van der Waals surface area contributed by atoms with E-state index in [2.05, 4.69) is 0 Å². The third-order valence-corrected chi connectivity index (χ3v) is 2.88. The summed E-state index contributed by atoms with van der Waals surface area (Å²) in [4.78, 5) is 0. The van der Waals surface area contributed by atoms with E-state index >= 15 is 0 Å². The van der Waals surface area contributed by atoms with Gasteiger partial charge in [0.25, 0.3) is 0 Å². The first-order valence-electron chi connectivity index (χ1n) is 5.84.